The highest BCUT2D eigenvalue weighted by atomic mass is 35.5. The van der Waals surface area contributed by atoms with Crippen LogP contribution < -0.4 is 0 Å². The van der Waals surface area contributed by atoms with E-state index in [0.29, 0.717) is 21.3 Å². The summed E-state index contributed by atoms with van der Waals surface area (Å²) in [5.74, 6) is -1.75. The number of rotatable bonds is 1. The summed E-state index contributed by atoms with van der Waals surface area (Å²) in [6.45, 7) is 0. The first-order valence-corrected chi connectivity index (χ1v) is 6.23. The van der Waals surface area contributed by atoms with Gasteiger partial charge in [0.05, 0.1) is 10.0 Å². The molecule has 0 aliphatic carbocycles. The second-order valence-electron chi connectivity index (χ2n) is 4.17. The molecule has 0 radical (unpaired) electrons. The molecular formula is C14H7Cl2F2N. The Labute approximate surface area is 117 Å². The van der Waals surface area contributed by atoms with E-state index in [4.69, 9.17) is 23.2 Å². The minimum Gasteiger partial charge on any atom is -0.354 e. The van der Waals surface area contributed by atoms with Gasteiger partial charge in [0.15, 0.2) is 11.6 Å². The Bertz CT molecular complexity index is 741. The maximum Gasteiger partial charge on any atom is 0.159 e. The highest BCUT2D eigenvalue weighted by molar-refractivity contribution is 6.42. The van der Waals surface area contributed by atoms with E-state index in [1.807, 2.05) is 6.07 Å². The van der Waals surface area contributed by atoms with Crippen LogP contribution in [0.2, 0.25) is 10.0 Å². The molecule has 0 bridgehead atoms. The third-order valence-electron chi connectivity index (χ3n) is 2.89. The number of aromatic nitrogens is 1. The van der Waals surface area contributed by atoms with Gasteiger partial charge in [-0.25, -0.2) is 8.78 Å². The number of halogens is 4. The van der Waals surface area contributed by atoms with Gasteiger partial charge in [0, 0.05) is 22.2 Å². The molecule has 0 saturated carbocycles. The first-order valence-electron chi connectivity index (χ1n) is 5.48. The van der Waals surface area contributed by atoms with E-state index < -0.39 is 11.6 Å². The van der Waals surface area contributed by atoms with Gasteiger partial charge in [0.25, 0.3) is 0 Å². The molecule has 3 rings (SSSR count). The minimum absolute atomic E-state index is 0.438. The van der Waals surface area contributed by atoms with Gasteiger partial charge >= 0.3 is 0 Å². The first-order chi connectivity index (χ1) is 9.04. The Hall–Kier alpha value is -1.58. The van der Waals surface area contributed by atoms with E-state index in [1.54, 1.807) is 12.1 Å². The molecule has 1 heterocycles. The molecule has 1 N–H and O–H groups in total. The lowest BCUT2D eigenvalue weighted by Gasteiger charge is -1.98. The van der Waals surface area contributed by atoms with Crippen molar-refractivity contribution in [3.05, 3.63) is 58.1 Å². The van der Waals surface area contributed by atoms with Crippen LogP contribution in [0.3, 0.4) is 0 Å². The Morgan fingerprint density at radius 2 is 1.58 bits per heavy atom. The molecule has 1 nitrogen and oxygen atoms in total. The van der Waals surface area contributed by atoms with E-state index >= 15 is 0 Å². The molecule has 1 aromatic heterocycles. The smallest absolute Gasteiger partial charge is 0.159 e. The van der Waals surface area contributed by atoms with Crippen molar-refractivity contribution in [2.45, 2.75) is 0 Å². The Morgan fingerprint density at radius 3 is 2.32 bits per heavy atom. The molecule has 0 unspecified atom stereocenters. The normalized spacial score (nSPS) is 11.2. The van der Waals surface area contributed by atoms with Gasteiger partial charge < -0.3 is 4.98 Å². The molecule has 0 aliphatic heterocycles. The van der Waals surface area contributed by atoms with Crippen LogP contribution in [-0.4, -0.2) is 4.98 Å². The van der Waals surface area contributed by atoms with Gasteiger partial charge in [-0.2, -0.15) is 0 Å². The Kier molecular flexibility index (Phi) is 2.96. The Morgan fingerprint density at radius 1 is 0.842 bits per heavy atom. The molecular weight excluding hydrogens is 291 g/mol. The number of hydrogen-bond donors (Lipinski definition) is 1. The summed E-state index contributed by atoms with van der Waals surface area (Å²) in [7, 11) is 0. The fourth-order valence-corrected chi connectivity index (χ4v) is 2.28. The summed E-state index contributed by atoms with van der Waals surface area (Å²) < 4.78 is 26.1. The summed E-state index contributed by atoms with van der Waals surface area (Å²) in [5, 5.41) is 1.74. The lowest BCUT2D eigenvalue weighted by atomic mass is 10.1. The first kappa shape index (κ1) is 12.5. The molecule has 19 heavy (non-hydrogen) atoms. The third-order valence-corrected chi connectivity index (χ3v) is 3.61. The zero-order valence-corrected chi connectivity index (χ0v) is 11.0. The zero-order chi connectivity index (χ0) is 13.6. The summed E-state index contributed by atoms with van der Waals surface area (Å²) in [5.41, 5.74) is 2.02. The van der Waals surface area contributed by atoms with Gasteiger partial charge in [-0.3, -0.25) is 0 Å². The van der Waals surface area contributed by atoms with Crippen LogP contribution in [0.5, 0.6) is 0 Å². The number of aromatic amines is 1. The van der Waals surface area contributed by atoms with E-state index in [2.05, 4.69) is 4.98 Å². The zero-order valence-electron chi connectivity index (χ0n) is 9.48. The minimum atomic E-state index is -0.882. The molecule has 2 aromatic carbocycles. The quantitative estimate of drug-likeness (QED) is 0.617. The highest BCUT2D eigenvalue weighted by Gasteiger charge is 2.09. The van der Waals surface area contributed by atoms with Crippen molar-refractivity contribution in [2.75, 3.05) is 0 Å². The largest absolute Gasteiger partial charge is 0.354 e. The van der Waals surface area contributed by atoms with Gasteiger partial charge in [-0.15, -0.1) is 0 Å². The number of fused-ring (bicyclic) bond motifs is 1. The lowest BCUT2D eigenvalue weighted by Crippen LogP contribution is -1.85. The second kappa shape index (κ2) is 4.51. The van der Waals surface area contributed by atoms with Gasteiger partial charge in [0.2, 0.25) is 0 Å². The van der Waals surface area contributed by atoms with E-state index in [0.717, 1.165) is 23.0 Å². The van der Waals surface area contributed by atoms with Crippen LogP contribution in [0.1, 0.15) is 0 Å². The van der Waals surface area contributed by atoms with Crippen LogP contribution in [0.15, 0.2) is 36.4 Å². The molecule has 0 aliphatic rings. The van der Waals surface area contributed by atoms with Crippen molar-refractivity contribution in [2.24, 2.45) is 0 Å². The summed E-state index contributed by atoms with van der Waals surface area (Å²) in [6, 6.07) is 8.97. The van der Waals surface area contributed by atoms with E-state index in [9.17, 15) is 8.78 Å². The number of hydrogen-bond acceptors (Lipinski definition) is 0. The van der Waals surface area contributed by atoms with Crippen molar-refractivity contribution in [1.82, 2.24) is 4.98 Å². The maximum absolute atomic E-state index is 13.2. The summed E-state index contributed by atoms with van der Waals surface area (Å²) in [6.07, 6.45) is 0. The van der Waals surface area contributed by atoms with Crippen LogP contribution in [0, 0.1) is 11.6 Å². The van der Waals surface area contributed by atoms with E-state index in [-0.39, 0.29) is 0 Å². The molecule has 5 heteroatoms. The fourth-order valence-electron chi connectivity index (χ4n) is 1.95. The van der Waals surface area contributed by atoms with Crippen LogP contribution in [0.4, 0.5) is 8.78 Å². The summed E-state index contributed by atoms with van der Waals surface area (Å²) in [4.78, 5) is 3.09. The molecule has 3 aromatic rings. The lowest BCUT2D eigenvalue weighted by molar-refractivity contribution is 0.509. The van der Waals surface area contributed by atoms with Gasteiger partial charge in [-0.05, 0) is 36.4 Å². The van der Waals surface area contributed by atoms with Crippen molar-refractivity contribution >= 4 is 34.1 Å². The SMILES string of the molecule is Fc1ccc(-c2cc3cc(Cl)c(Cl)cc3[nH]2)cc1F. The molecule has 0 fully saturated rings. The van der Waals surface area contributed by atoms with E-state index in [1.165, 1.54) is 6.07 Å². The highest BCUT2D eigenvalue weighted by Crippen LogP contribution is 2.31. The van der Waals surface area contributed by atoms with Crippen molar-refractivity contribution in [3.63, 3.8) is 0 Å². The van der Waals surface area contributed by atoms with Gasteiger partial charge in [-0.1, -0.05) is 23.2 Å². The predicted molar refractivity (Wildman–Crippen MR) is 73.7 cm³/mol. The van der Waals surface area contributed by atoms with Crippen molar-refractivity contribution < 1.29 is 8.78 Å². The standard InChI is InChI=1S/C14H7Cl2F2N/c15-9-3-8-5-13(19-14(8)6-10(9)16)7-1-2-11(17)12(18)4-7/h1-6,19H. The number of H-pyrrole nitrogens is 1. The van der Waals surface area contributed by atoms with Crippen molar-refractivity contribution in [3.8, 4) is 11.3 Å². The van der Waals surface area contributed by atoms with Crippen LogP contribution in [-0.2, 0) is 0 Å². The molecule has 0 saturated heterocycles. The fraction of sp³-hybridized carbons (Fsp3) is 0. The maximum atomic E-state index is 13.2. The van der Waals surface area contributed by atoms with Crippen LogP contribution in [0.25, 0.3) is 22.2 Å². The molecule has 0 atom stereocenters. The van der Waals surface area contributed by atoms with Crippen LogP contribution >= 0.6 is 23.2 Å². The number of benzene rings is 2. The summed E-state index contributed by atoms with van der Waals surface area (Å²) >= 11 is 11.9. The number of nitrogens with one attached hydrogen (secondary N) is 1. The molecule has 0 spiro atoms. The Balaban J connectivity index is 2.17. The third kappa shape index (κ3) is 2.20. The van der Waals surface area contributed by atoms with Crippen molar-refractivity contribution in [1.29, 1.82) is 0 Å². The average molecular weight is 298 g/mol. The molecule has 96 valence electrons. The topological polar surface area (TPSA) is 15.8 Å². The predicted octanol–water partition coefficient (Wildman–Crippen LogP) is 5.42. The molecule has 0 amide bonds. The monoisotopic (exact) mass is 297 g/mol. The second-order valence-corrected chi connectivity index (χ2v) is 4.98. The van der Waals surface area contributed by atoms with Gasteiger partial charge in [0.1, 0.15) is 0 Å². The average Bonchev–Trinajstić information content (AvgIpc) is 2.76.